The van der Waals surface area contributed by atoms with Crippen LogP contribution in [0.15, 0.2) is 72.8 Å². The van der Waals surface area contributed by atoms with Crippen LogP contribution in [-0.2, 0) is 12.0 Å². The number of aliphatic hydroxyl groups excluding tert-OH is 1. The average molecular weight is 419 g/mol. The zero-order valence-electron chi connectivity index (χ0n) is 17.9. The number of nitrogens with zero attached hydrogens (tertiary/aromatic N) is 1. The minimum Gasteiger partial charge on any atom is -0.494 e. The molecule has 0 spiro atoms. The molecule has 160 valence electrons. The highest BCUT2D eigenvalue weighted by Crippen LogP contribution is 2.37. The zero-order valence-corrected chi connectivity index (χ0v) is 17.9. The molecule has 0 aliphatic heterocycles. The lowest BCUT2D eigenvalue weighted by atomic mass is 9.90. The van der Waals surface area contributed by atoms with Gasteiger partial charge in [-0.05, 0) is 35.9 Å². The van der Waals surface area contributed by atoms with Gasteiger partial charge in [-0.15, -0.1) is 0 Å². The molecule has 1 N–H and O–H groups in total. The molecule has 0 fully saturated rings. The summed E-state index contributed by atoms with van der Waals surface area (Å²) >= 11 is 0. The predicted molar refractivity (Wildman–Crippen MR) is 121 cm³/mol. The topological polar surface area (TPSA) is 43.6 Å². The molecule has 0 aliphatic carbocycles. The number of aliphatic hydroxyl groups is 1. The van der Waals surface area contributed by atoms with Gasteiger partial charge in [-0.1, -0.05) is 50.2 Å². The zero-order chi connectivity index (χ0) is 22.0. The summed E-state index contributed by atoms with van der Waals surface area (Å²) in [4.78, 5) is 0. The van der Waals surface area contributed by atoms with Crippen LogP contribution in [0.3, 0.4) is 0 Å². The Hall–Kier alpha value is -3.31. The third kappa shape index (κ3) is 4.01. The van der Waals surface area contributed by atoms with Crippen molar-refractivity contribution in [2.75, 3.05) is 13.7 Å². The first-order valence-electron chi connectivity index (χ1n) is 10.2. The number of aromatic nitrogens is 1. The van der Waals surface area contributed by atoms with E-state index < -0.39 is 11.2 Å². The van der Waals surface area contributed by atoms with E-state index in [2.05, 4.69) is 0 Å². The van der Waals surface area contributed by atoms with Crippen LogP contribution in [-0.4, -0.2) is 23.4 Å². The van der Waals surface area contributed by atoms with Crippen molar-refractivity contribution in [3.05, 3.63) is 89.9 Å². The Morgan fingerprint density at radius 1 is 0.935 bits per heavy atom. The molecule has 0 unspecified atom stereocenters. The third-order valence-electron chi connectivity index (χ3n) is 5.52. The smallest absolute Gasteiger partial charge is 0.165 e. The molecule has 0 saturated heterocycles. The highest BCUT2D eigenvalue weighted by molar-refractivity contribution is 5.89. The Morgan fingerprint density at radius 2 is 1.71 bits per heavy atom. The van der Waals surface area contributed by atoms with Crippen molar-refractivity contribution >= 4 is 10.9 Å². The van der Waals surface area contributed by atoms with Gasteiger partial charge in [0.15, 0.2) is 11.6 Å². The standard InChI is InChI=1S/C26H26FNO3/c1-26(2,17-29)25-15-20-22(28(25)19-12-13-21(27)24(14-19)30-3)10-7-11-23(20)31-16-18-8-5-4-6-9-18/h4-15,29H,16-17H2,1-3H3. The van der Waals surface area contributed by atoms with Crippen molar-refractivity contribution in [1.82, 2.24) is 4.57 Å². The fourth-order valence-electron chi connectivity index (χ4n) is 3.71. The van der Waals surface area contributed by atoms with Gasteiger partial charge in [-0.3, -0.25) is 0 Å². The van der Waals surface area contributed by atoms with Gasteiger partial charge in [0, 0.05) is 28.2 Å². The Morgan fingerprint density at radius 3 is 2.42 bits per heavy atom. The first-order chi connectivity index (χ1) is 14.9. The average Bonchev–Trinajstić information content (AvgIpc) is 3.20. The van der Waals surface area contributed by atoms with Crippen LogP contribution in [0.25, 0.3) is 16.6 Å². The van der Waals surface area contributed by atoms with Crippen LogP contribution in [0.1, 0.15) is 25.1 Å². The molecule has 3 aromatic carbocycles. The van der Waals surface area contributed by atoms with E-state index in [1.807, 2.05) is 73.0 Å². The molecule has 0 aliphatic rings. The fraction of sp³-hybridized carbons (Fsp3) is 0.231. The summed E-state index contributed by atoms with van der Waals surface area (Å²) in [6, 6.07) is 22.7. The Bertz CT molecular complexity index is 1200. The van der Waals surface area contributed by atoms with Crippen molar-refractivity contribution in [1.29, 1.82) is 0 Å². The monoisotopic (exact) mass is 419 g/mol. The first kappa shape index (κ1) is 20.9. The van der Waals surface area contributed by atoms with Crippen LogP contribution in [0, 0.1) is 5.82 Å². The Labute approximate surface area is 181 Å². The normalized spacial score (nSPS) is 11.6. The lowest BCUT2D eigenvalue weighted by molar-refractivity contribution is 0.214. The molecular weight excluding hydrogens is 393 g/mol. The maximum Gasteiger partial charge on any atom is 0.165 e. The predicted octanol–water partition coefficient (Wildman–Crippen LogP) is 5.63. The second-order valence-corrected chi connectivity index (χ2v) is 8.19. The van der Waals surface area contributed by atoms with Crippen LogP contribution < -0.4 is 9.47 Å². The van der Waals surface area contributed by atoms with E-state index in [4.69, 9.17) is 9.47 Å². The molecular formula is C26H26FNO3. The third-order valence-corrected chi connectivity index (χ3v) is 5.52. The molecule has 0 saturated carbocycles. The van der Waals surface area contributed by atoms with Gasteiger partial charge in [-0.2, -0.15) is 0 Å². The second-order valence-electron chi connectivity index (χ2n) is 8.19. The molecule has 0 amide bonds. The maximum atomic E-state index is 14.1. The van der Waals surface area contributed by atoms with Crippen molar-refractivity contribution in [2.45, 2.75) is 25.9 Å². The van der Waals surface area contributed by atoms with Crippen molar-refractivity contribution in [2.24, 2.45) is 0 Å². The van der Waals surface area contributed by atoms with Crippen LogP contribution in [0.5, 0.6) is 11.5 Å². The number of hydrogen-bond donors (Lipinski definition) is 1. The molecule has 1 aromatic heterocycles. The number of hydrogen-bond acceptors (Lipinski definition) is 3. The fourth-order valence-corrected chi connectivity index (χ4v) is 3.71. The molecule has 0 bridgehead atoms. The van der Waals surface area contributed by atoms with Crippen molar-refractivity contribution in [3.63, 3.8) is 0 Å². The number of methoxy groups -OCH3 is 1. The van der Waals surface area contributed by atoms with Crippen molar-refractivity contribution in [3.8, 4) is 17.2 Å². The molecule has 0 atom stereocenters. The molecule has 0 radical (unpaired) electrons. The summed E-state index contributed by atoms with van der Waals surface area (Å²) in [6.07, 6.45) is 0. The van der Waals surface area contributed by atoms with Gasteiger partial charge in [0.1, 0.15) is 12.4 Å². The lowest BCUT2D eigenvalue weighted by Gasteiger charge is -2.25. The van der Waals surface area contributed by atoms with Crippen LogP contribution >= 0.6 is 0 Å². The minimum atomic E-state index is -0.530. The number of ether oxygens (including phenoxy) is 2. The van der Waals surface area contributed by atoms with E-state index in [-0.39, 0.29) is 12.4 Å². The van der Waals surface area contributed by atoms with E-state index in [1.54, 1.807) is 12.1 Å². The summed E-state index contributed by atoms with van der Waals surface area (Å²) < 4.78 is 27.4. The SMILES string of the molecule is COc1cc(-n2c(C(C)(C)CO)cc3c(OCc4ccccc4)cccc32)ccc1F. The van der Waals surface area contributed by atoms with E-state index >= 15 is 0 Å². The molecule has 31 heavy (non-hydrogen) atoms. The lowest BCUT2D eigenvalue weighted by Crippen LogP contribution is -2.25. The van der Waals surface area contributed by atoms with Gasteiger partial charge in [0.05, 0.1) is 19.2 Å². The molecule has 4 rings (SSSR count). The number of halogens is 1. The molecule has 5 heteroatoms. The van der Waals surface area contributed by atoms with E-state index in [1.165, 1.54) is 13.2 Å². The van der Waals surface area contributed by atoms with Crippen LogP contribution in [0.4, 0.5) is 4.39 Å². The van der Waals surface area contributed by atoms with E-state index in [0.717, 1.165) is 33.6 Å². The highest BCUT2D eigenvalue weighted by atomic mass is 19.1. The van der Waals surface area contributed by atoms with Gasteiger partial charge in [0.2, 0.25) is 0 Å². The molecule has 1 heterocycles. The summed E-state index contributed by atoms with van der Waals surface area (Å²) in [7, 11) is 1.45. The first-order valence-corrected chi connectivity index (χ1v) is 10.2. The number of fused-ring (bicyclic) bond motifs is 1. The Balaban J connectivity index is 1.87. The molecule has 4 aromatic rings. The van der Waals surface area contributed by atoms with Gasteiger partial charge < -0.3 is 19.1 Å². The number of rotatable bonds is 7. The van der Waals surface area contributed by atoms with E-state index in [9.17, 15) is 9.50 Å². The molecule has 4 nitrogen and oxygen atoms in total. The summed E-state index contributed by atoms with van der Waals surface area (Å²) in [5, 5.41) is 11.0. The minimum absolute atomic E-state index is 0.0398. The maximum absolute atomic E-state index is 14.1. The summed E-state index contributed by atoms with van der Waals surface area (Å²) in [6.45, 7) is 4.36. The van der Waals surface area contributed by atoms with Crippen LogP contribution in [0.2, 0.25) is 0 Å². The van der Waals surface area contributed by atoms with E-state index in [0.29, 0.717) is 6.61 Å². The van der Waals surface area contributed by atoms with Crippen molar-refractivity contribution < 1.29 is 19.0 Å². The Kier molecular flexibility index (Phi) is 5.70. The van der Waals surface area contributed by atoms with Gasteiger partial charge >= 0.3 is 0 Å². The van der Waals surface area contributed by atoms with Gasteiger partial charge in [0.25, 0.3) is 0 Å². The largest absolute Gasteiger partial charge is 0.494 e. The highest BCUT2D eigenvalue weighted by Gasteiger charge is 2.27. The number of benzene rings is 3. The second kappa shape index (κ2) is 8.44. The quantitative estimate of drug-likeness (QED) is 0.422. The van der Waals surface area contributed by atoms with Gasteiger partial charge in [-0.25, -0.2) is 4.39 Å². The summed E-state index contributed by atoms with van der Waals surface area (Å²) in [5.41, 5.74) is 3.12. The summed E-state index contributed by atoms with van der Waals surface area (Å²) in [5.74, 6) is 0.505.